The highest BCUT2D eigenvalue weighted by atomic mass is 35.5. The van der Waals surface area contributed by atoms with E-state index in [1.165, 1.54) is 0 Å². The van der Waals surface area contributed by atoms with Gasteiger partial charge in [-0.15, -0.1) is 0 Å². The number of hydrogen-bond acceptors (Lipinski definition) is 9. The van der Waals surface area contributed by atoms with Gasteiger partial charge in [-0.1, -0.05) is 11.6 Å². The van der Waals surface area contributed by atoms with Crippen molar-refractivity contribution in [3.05, 3.63) is 28.5 Å². The third-order valence-electron chi connectivity index (χ3n) is 10.2. The van der Waals surface area contributed by atoms with Crippen molar-refractivity contribution < 1.29 is 31.4 Å². The molecule has 3 aromatic rings. The van der Waals surface area contributed by atoms with Crippen LogP contribution in [0.15, 0.2) is 12.1 Å². The third-order valence-corrected chi connectivity index (χ3v) is 10.5. The zero-order valence-corrected chi connectivity index (χ0v) is 25.1. The molecule has 7 heterocycles. The van der Waals surface area contributed by atoms with Gasteiger partial charge in [-0.05, 0) is 51.3 Å². The van der Waals surface area contributed by atoms with Crippen LogP contribution in [0, 0.1) is 5.82 Å². The minimum atomic E-state index is -4.89. The summed E-state index contributed by atoms with van der Waals surface area (Å²) < 4.78 is 86.5. The summed E-state index contributed by atoms with van der Waals surface area (Å²) in [6.45, 7) is 3.55. The van der Waals surface area contributed by atoms with E-state index in [2.05, 4.69) is 25.1 Å². The van der Waals surface area contributed by atoms with Gasteiger partial charge in [0.2, 0.25) is 0 Å². The summed E-state index contributed by atoms with van der Waals surface area (Å²) in [6, 6.07) is 1.53. The summed E-state index contributed by atoms with van der Waals surface area (Å²) in [4.78, 5) is 17.2. The standard InChI is InChI=1S/C30H31ClF5N7O2/c1-13-25-17-5-3-15(38-17)11-43(25)27-20-24(40-28(41-27)44-12-29-7-2-8-42(29)10-14(32)9-29)22(33)19(21(31)26(20)45-13)23-16(30(34,35)36)4-6-18(37)39-23/h4,6,13-15,17,25,38H,2-3,5,7-12H2,1H3,(H2,37,39)/t13-,14+,15+,17-,25+,29-/m0/s1. The van der Waals surface area contributed by atoms with E-state index in [0.29, 0.717) is 25.3 Å². The van der Waals surface area contributed by atoms with Gasteiger partial charge in [0.15, 0.2) is 11.6 Å². The molecule has 0 aliphatic carbocycles. The van der Waals surface area contributed by atoms with Crippen LogP contribution in [0.25, 0.3) is 22.2 Å². The number of nitrogens with two attached hydrogens (primary N) is 1. The number of benzene rings is 1. The largest absolute Gasteiger partial charge is 0.486 e. The number of rotatable bonds is 4. The molecule has 2 aromatic heterocycles. The Morgan fingerprint density at radius 2 is 2.02 bits per heavy atom. The third kappa shape index (κ3) is 4.49. The monoisotopic (exact) mass is 651 g/mol. The molecule has 2 bridgehead atoms. The number of fused-ring (bicyclic) bond motifs is 6. The Balaban J connectivity index is 1.34. The van der Waals surface area contributed by atoms with Crippen LogP contribution in [0.1, 0.15) is 44.6 Å². The van der Waals surface area contributed by atoms with E-state index in [4.69, 9.17) is 31.8 Å². The SMILES string of the molecule is C[C@@H]1Oc2c(Cl)c(-c3nc(N)ccc3C(F)(F)F)c(F)c3nc(OC[C@@]45CCCN4C[C@H](F)C5)nc(c23)N2C[C@H]3CC[C@H](N3)[C@@H]12. The minimum absolute atomic E-state index is 0.0311. The number of nitrogens with one attached hydrogen (secondary N) is 1. The highest BCUT2D eigenvalue weighted by Gasteiger charge is 2.50. The molecule has 3 N–H and O–H groups in total. The highest BCUT2D eigenvalue weighted by molar-refractivity contribution is 6.36. The van der Waals surface area contributed by atoms with E-state index in [1.54, 1.807) is 0 Å². The van der Waals surface area contributed by atoms with Crippen molar-refractivity contribution >= 4 is 34.1 Å². The average molecular weight is 652 g/mol. The maximum Gasteiger partial charge on any atom is 0.418 e. The van der Waals surface area contributed by atoms with Gasteiger partial charge < -0.3 is 25.4 Å². The fourth-order valence-corrected chi connectivity index (χ4v) is 8.58. The second kappa shape index (κ2) is 10.1. The molecule has 0 saturated carbocycles. The number of pyridine rings is 1. The van der Waals surface area contributed by atoms with E-state index in [9.17, 15) is 17.6 Å². The molecule has 0 spiro atoms. The molecule has 8 rings (SSSR count). The molecular weight excluding hydrogens is 621 g/mol. The quantitative estimate of drug-likeness (QED) is 0.372. The summed E-state index contributed by atoms with van der Waals surface area (Å²) in [6.07, 6.45) is -2.62. The molecule has 4 fully saturated rings. The van der Waals surface area contributed by atoms with Gasteiger partial charge >= 0.3 is 12.2 Å². The summed E-state index contributed by atoms with van der Waals surface area (Å²) in [5.74, 6) is -1.08. The Hall–Kier alpha value is -3.23. The molecule has 45 heavy (non-hydrogen) atoms. The van der Waals surface area contributed by atoms with E-state index in [-0.39, 0.29) is 58.2 Å². The fourth-order valence-electron chi connectivity index (χ4n) is 8.27. The molecule has 4 saturated heterocycles. The summed E-state index contributed by atoms with van der Waals surface area (Å²) in [5, 5.41) is 3.38. The van der Waals surface area contributed by atoms with Gasteiger partial charge in [-0.3, -0.25) is 4.90 Å². The zero-order valence-electron chi connectivity index (χ0n) is 24.3. The molecule has 9 nitrogen and oxygen atoms in total. The second-order valence-electron chi connectivity index (χ2n) is 12.9. The average Bonchev–Trinajstić information content (AvgIpc) is 3.61. The first-order valence-electron chi connectivity index (χ1n) is 15.2. The van der Waals surface area contributed by atoms with Crippen molar-refractivity contribution in [2.75, 3.05) is 36.9 Å². The maximum absolute atomic E-state index is 16.8. The van der Waals surface area contributed by atoms with Gasteiger partial charge in [0, 0.05) is 31.6 Å². The van der Waals surface area contributed by atoms with Crippen molar-refractivity contribution in [3.63, 3.8) is 0 Å². The van der Waals surface area contributed by atoms with Crippen LogP contribution in [-0.2, 0) is 6.18 Å². The Morgan fingerprint density at radius 1 is 1.20 bits per heavy atom. The van der Waals surface area contributed by atoms with Crippen molar-refractivity contribution in [2.24, 2.45) is 0 Å². The first-order chi connectivity index (χ1) is 21.4. The van der Waals surface area contributed by atoms with Gasteiger partial charge in [0.25, 0.3) is 0 Å². The maximum atomic E-state index is 16.8. The number of alkyl halides is 4. The van der Waals surface area contributed by atoms with Crippen LogP contribution in [0.5, 0.6) is 11.8 Å². The summed E-state index contributed by atoms with van der Waals surface area (Å²) >= 11 is 6.81. The molecule has 0 unspecified atom stereocenters. The number of ether oxygens (including phenoxy) is 2. The normalized spacial score (nSPS) is 30.7. The Kier molecular flexibility index (Phi) is 6.57. The number of nitrogens with zero attached hydrogens (tertiary/aromatic N) is 5. The van der Waals surface area contributed by atoms with Crippen molar-refractivity contribution in [3.8, 4) is 23.0 Å². The molecule has 0 radical (unpaired) electrons. The molecule has 1 aromatic carbocycles. The summed E-state index contributed by atoms with van der Waals surface area (Å²) in [5.41, 5.74) is 2.35. The number of hydrogen-bond donors (Lipinski definition) is 2. The first-order valence-corrected chi connectivity index (χ1v) is 15.6. The number of piperazine rings is 1. The number of anilines is 2. The van der Waals surface area contributed by atoms with Crippen molar-refractivity contribution in [1.29, 1.82) is 0 Å². The van der Waals surface area contributed by atoms with Crippen LogP contribution in [0.3, 0.4) is 0 Å². The molecular formula is C30H31ClF5N7O2. The lowest BCUT2D eigenvalue weighted by Gasteiger charge is -2.43. The van der Waals surface area contributed by atoms with E-state index in [0.717, 1.165) is 44.4 Å². The fraction of sp³-hybridized carbons (Fsp3) is 0.567. The van der Waals surface area contributed by atoms with Crippen molar-refractivity contribution in [1.82, 2.24) is 25.2 Å². The Morgan fingerprint density at radius 3 is 2.82 bits per heavy atom. The van der Waals surface area contributed by atoms with Gasteiger partial charge in [0.05, 0.1) is 38.8 Å². The Bertz CT molecular complexity index is 1710. The predicted octanol–water partition coefficient (Wildman–Crippen LogP) is 5.13. The molecule has 240 valence electrons. The molecule has 15 heteroatoms. The summed E-state index contributed by atoms with van der Waals surface area (Å²) in [7, 11) is 0. The molecule has 5 aliphatic rings. The van der Waals surface area contributed by atoms with Crippen LogP contribution in [0.4, 0.5) is 33.6 Å². The molecule has 0 amide bonds. The number of aromatic nitrogens is 3. The predicted molar refractivity (Wildman–Crippen MR) is 157 cm³/mol. The molecule has 5 aliphatic heterocycles. The smallest absolute Gasteiger partial charge is 0.418 e. The number of halogens is 6. The van der Waals surface area contributed by atoms with E-state index >= 15 is 4.39 Å². The number of nitrogen functional groups attached to an aromatic ring is 1. The molecule has 6 atom stereocenters. The van der Waals surface area contributed by atoms with Crippen LogP contribution >= 0.6 is 11.6 Å². The van der Waals surface area contributed by atoms with Gasteiger partial charge in [-0.25, -0.2) is 13.8 Å². The van der Waals surface area contributed by atoms with Gasteiger partial charge in [-0.2, -0.15) is 23.1 Å². The van der Waals surface area contributed by atoms with Crippen molar-refractivity contribution in [2.45, 2.75) is 81.1 Å². The van der Waals surface area contributed by atoms with E-state index in [1.807, 2.05) is 6.92 Å². The zero-order chi connectivity index (χ0) is 31.4. The lowest BCUT2D eigenvalue weighted by atomic mass is 9.95. The minimum Gasteiger partial charge on any atom is -0.486 e. The van der Waals surface area contributed by atoms with Crippen LogP contribution in [-0.4, -0.2) is 82.0 Å². The highest BCUT2D eigenvalue weighted by Crippen LogP contribution is 2.51. The topological polar surface area (TPSA) is 102 Å². The van der Waals surface area contributed by atoms with Crippen LogP contribution < -0.4 is 25.4 Å². The second-order valence-corrected chi connectivity index (χ2v) is 13.3. The lowest BCUT2D eigenvalue weighted by molar-refractivity contribution is -0.137. The van der Waals surface area contributed by atoms with E-state index < -0.39 is 46.6 Å². The lowest BCUT2D eigenvalue weighted by Crippen LogP contribution is -2.62. The van der Waals surface area contributed by atoms with Crippen LogP contribution in [0.2, 0.25) is 5.02 Å². The Labute approximate surface area is 260 Å². The first kappa shape index (κ1) is 29.2. The van der Waals surface area contributed by atoms with Gasteiger partial charge in [0.1, 0.15) is 36.0 Å².